The van der Waals surface area contributed by atoms with Crippen LogP contribution in [0.1, 0.15) is 0 Å². The summed E-state index contributed by atoms with van der Waals surface area (Å²) in [7, 11) is 0. The molecule has 0 spiro atoms. The zero-order chi connectivity index (χ0) is 10.9. The van der Waals surface area contributed by atoms with Gasteiger partial charge in [-0.1, -0.05) is 0 Å². The molecular weight excluding hydrogens is 202 g/mol. The van der Waals surface area contributed by atoms with E-state index >= 15 is 0 Å². The summed E-state index contributed by atoms with van der Waals surface area (Å²) < 4.78 is 69.7. The van der Waals surface area contributed by atoms with Gasteiger partial charge in [0.1, 0.15) is 0 Å². The molecule has 0 heterocycles. The second-order valence-corrected chi connectivity index (χ2v) is 2.02. The maximum absolute atomic E-state index is 11.6. The molecule has 13 heavy (non-hydrogen) atoms. The van der Waals surface area contributed by atoms with Gasteiger partial charge in [-0.2, -0.15) is 26.3 Å². The van der Waals surface area contributed by atoms with Gasteiger partial charge in [0.15, 0.2) is 0 Å². The molecule has 0 rings (SSSR count). The Morgan fingerprint density at radius 3 is 1.46 bits per heavy atom. The van der Waals surface area contributed by atoms with Crippen LogP contribution in [0.2, 0.25) is 0 Å². The Labute approximate surface area is 68.7 Å². The van der Waals surface area contributed by atoms with Crippen molar-refractivity contribution >= 4 is 5.78 Å². The fraction of sp³-hybridized carbons (Fsp3) is 0.500. The van der Waals surface area contributed by atoms with E-state index in [4.69, 9.17) is 0 Å². The topological polar surface area (TPSA) is 17.1 Å². The number of alkyl halides is 6. The van der Waals surface area contributed by atoms with Gasteiger partial charge < -0.3 is 0 Å². The van der Waals surface area contributed by atoms with Gasteiger partial charge in [-0.3, -0.25) is 4.79 Å². The van der Waals surface area contributed by atoms with E-state index in [9.17, 15) is 31.1 Å². The molecule has 0 saturated carbocycles. The SMILES string of the molecule is C#CC(=O)C(C(F)(F)F)C(F)(F)F. The van der Waals surface area contributed by atoms with Crippen molar-refractivity contribution in [1.82, 2.24) is 0 Å². The molecule has 0 radical (unpaired) electrons. The number of carbonyl (C=O) groups excluding carboxylic acids is 1. The van der Waals surface area contributed by atoms with Crippen LogP contribution in [0.4, 0.5) is 26.3 Å². The number of hydrogen-bond donors (Lipinski definition) is 0. The smallest absolute Gasteiger partial charge is 0.284 e. The van der Waals surface area contributed by atoms with Gasteiger partial charge in [-0.05, 0) is 5.92 Å². The minimum Gasteiger partial charge on any atom is -0.284 e. The van der Waals surface area contributed by atoms with E-state index in [0.29, 0.717) is 0 Å². The van der Waals surface area contributed by atoms with Crippen molar-refractivity contribution in [1.29, 1.82) is 0 Å². The lowest BCUT2D eigenvalue weighted by molar-refractivity contribution is -0.271. The second-order valence-electron chi connectivity index (χ2n) is 2.02. The predicted octanol–water partition coefficient (Wildman–Crippen LogP) is 1.93. The molecule has 0 atom stereocenters. The zero-order valence-corrected chi connectivity index (χ0v) is 5.83. The second kappa shape index (κ2) is 3.28. The van der Waals surface area contributed by atoms with Gasteiger partial charge in [-0.15, -0.1) is 6.42 Å². The molecule has 0 aliphatic rings. The third-order valence-electron chi connectivity index (χ3n) is 1.06. The molecule has 0 aromatic heterocycles. The van der Waals surface area contributed by atoms with Crippen LogP contribution in [0.25, 0.3) is 0 Å². The van der Waals surface area contributed by atoms with Crippen molar-refractivity contribution in [3.05, 3.63) is 0 Å². The zero-order valence-electron chi connectivity index (χ0n) is 5.83. The summed E-state index contributed by atoms with van der Waals surface area (Å²) in [6.45, 7) is 0. The van der Waals surface area contributed by atoms with Crippen LogP contribution in [0.3, 0.4) is 0 Å². The number of Topliss-reactive ketones (excluding diaryl/α,β-unsaturated/α-hetero) is 1. The first-order valence-corrected chi connectivity index (χ1v) is 2.74. The minimum atomic E-state index is -5.69. The van der Waals surface area contributed by atoms with Gasteiger partial charge in [0.25, 0.3) is 0 Å². The number of ketones is 1. The molecule has 7 heteroatoms. The van der Waals surface area contributed by atoms with Crippen molar-refractivity contribution in [3.8, 4) is 12.3 Å². The Morgan fingerprint density at radius 1 is 1.08 bits per heavy atom. The largest absolute Gasteiger partial charge is 0.408 e. The number of hydrogen-bond acceptors (Lipinski definition) is 1. The highest BCUT2D eigenvalue weighted by Gasteiger charge is 2.60. The summed E-state index contributed by atoms with van der Waals surface area (Å²) in [5.74, 6) is -5.61. The van der Waals surface area contributed by atoms with E-state index < -0.39 is 24.1 Å². The third kappa shape index (κ3) is 2.97. The molecule has 0 aliphatic heterocycles. The molecule has 0 saturated heterocycles. The number of carbonyl (C=O) groups is 1. The predicted molar refractivity (Wildman–Crippen MR) is 29.4 cm³/mol. The Balaban J connectivity index is 5.04. The number of terminal acetylenes is 1. The first-order chi connectivity index (χ1) is 5.60. The molecular formula is C6H2F6O. The lowest BCUT2D eigenvalue weighted by atomic mass is 10.0. The summed E-state index contributed by atoms with van der Waals surface area (Å²) in [6, 6.07) is 0. The number of rotatable bonds is 1. The first-order valence-electron chi connectivity index (χ1n) is 2.74. The van der Waals surface area contributed by atoms with Gasteiger partial charge in [0.05, 0.1) is 0 Å². The lowest BCUT2D eigenvalue weighted by Crippen LogP contribution is -2.41. The highest BCUT2D eigenvalue weighted by molar-refractivity contribution is 5.97. The summed E-state index contributed by atoms with van der Waals surface area (Å²) in [4.78, 5) is 10.1. The Hall–Kier alpha value is -1.19. The summed E-state index contributed by atoms with van der Waals surface area (Å²) in [5, 5.41) is 0. The Morgan fingerprint density at radius 2 is 1.38 bits per heavy atom. The average Bonchev–Trinajstić information content (AvgIpc) is 1.80. The van der Waals surface area contributed by atoms with E-state index in [0.717, 1.165) is 5.92 Å². The molecule has 0 bridgehead atoms. The quantitative estimate of drug-likeness (QED) is 0.362. The standard InChI is InChI=1S/C6H2F6O/c1-2-3(13)4(5(7,8)9)6(10,11)12/h1,4H. The first kappa shape index (κ1) is 11.8. The van der Waals surface area contributed by atoms with Crippen molar-refractivity contribution in [2.75, 3.05) is 0 Å². The van der Waals surface area contributed by atoms with E-state index in [1.165, 1.54) is 0 Å². The monoisotopic (exact) mass is 204 g/mol. The van der Waals surface area contributed by atoms with Crippen LogP contribution < -0.4 is 0 Å². The van der Waals surface area contributed by atoms with Crippen LogP contribution in [-0.2, 0) is 4.79 Å². The van der Waals surface area contributed by atoms with Crippen LogP contribution in [0.15, 0.2) is 0 Å². The van der Waals surface area contributed by atoms with Crippen molar-refractivity contribution in [2.45, 2.75) is 12.4 Å². The molecule has 0 aromatic rings. The van der Waals surface area contributed by atoms with Crippen LogP contribution in [0, 0.1) is 18.3 Å². The summed E-state index contributed by atoms with van der Waals surface area (Å²) >= 11 is 0. The maximum Gasteiger partial charge on any atom is 0.408 e. The Bertz CT molecular complexity index is 227. The van der Waals surface area contributed by atoms with E-state index in [1.54, 1.807) is 0 Å². The fourth-order valence-electron chi connectivity index (χ4n) is 0.566. The van der Waals surface area contributed by atoms with Crippen LogP contribution >= 0.6 is 0 Å². The molecule has 0 amide bonds. The normalized spacial score (nSPS) is 12.8. The van der Waals surface area contributed by atoms with Crippen LogP contribution in [0.5, 0.6) is 0 Å². The van der Waals surface area contributed by atoms with E-state index in [1.807, 2.05) is 0 Å². The van der Waals surface area contributed by atoms with Crippen LogP contribution in [-0.4, -0.2) is 18.1 Å². The van der Waals surface area contributed by atoms with Gasteiger partial charge >= 0.3 is 12.4 Å². The molecule has 1 nitrogen and oxygen atoms in total. The molecule has 0 N–H and O–H groups in total. The van der Waals surface area contributed by atoms with E-state index in [-0.39, 0.29) is 0 Å². The number of halogens is 6. The third-order valence-corrected chi connectivity index (χ3v) is 1.06. The summed E-state index contributed by atoms with van der Waals surface area (Å²) in [6.07, 6.45) is -7.22. The molecule has 74 valence electrons. The minimum absolute atomic E-state index is 0.799. The lowest BCUT2D eigenvalue weighted by Gasteiger charge is -2.19. The molecule has 0 fully saturated rings. The highest BCUT2D eigenvalue weighted by atomic mass is 19.4. The average molecular weight is 204 g/mol. The fourth-order valence-corrected chi connectivity index (χ4v) is 0.566. The Kier molecular flexibility index (Phi) is 2.98. The van der Waals surface area contributed by atoms with Crippen molar-refractivity contribution < 1.29 is 31.1 Å². The highest BCUT2D eigenvalue weighted by Crippen LogP contribution is 2.39. The van der Waals surface area contributed by atoms with Gasteiger partial charge in [0, 0.05) is 0 Å². The van der Waals surface area contributed by atoms with Crippen molar-refractivity contribution in [2.24, 2.45) is 5.92 Å². The molecule has 0 unspecified atom stereocenters. The van der Waals surface area contributed by atoms with E-state index in [2.05, 4.69) is 6.42 Å². The molecule has 0 aromatic carbocycles. The maximum atomic E-state index is 11.6. The van der Waals surface area contributed by atoms with Gasteiger partial charge in [0.2, 0.25) is 11.7 Å². The molecule has 0 aliphatic carbocycles. The van der Waals surface area contributed by atoms with Gasteiger partial charge in [-0.25, -0.2) is 0 Å². The van der Waals surface area contributed by atoms with Crippen molar-refractivity contribution in [3.63, 3.8) is 0 Å². The summed E-state index contributed by atoms with van der Waals surface area (Å²) in [5.41, 5.74) is 0.